The second kappa shape index (κ2) is 6.28. The van der Waals surface area contributed by atoms with Crippen LogP contribution in [0.5, 0.6) is 0 Å². The molecule has 2 heterocycles. The van der Waals surface area contributed by atoms with Gasteiger partial charge < -0.3 is 9.67 Å². The maximum absolute atomic E-state index is 9.13. The molecule has 0 saturated carbocycles. The Hall–Kier alpha value is -1.72. The van der Waals surface area contributed by atoms with Gasteiger partial charge >= 0.3 is 0 Å². The smallest absolute Gasteiger partial charge is 0.0945 e. The minimum atomic E-state index is 0.144. The number of imidazole rings is 1. The molecule has 0 aliphatic heterocycles. The molecule has 0 aliphatic carbocycles. The number of hydrogen-bond acceptors (Lipinski definition) is 4. The van der Waals surface area contributed by atoms with Crippen molar-refractivity contribution in [1.82, 2.24) is 19.4 Å². The number of aliphatic hydroxyl groups is 1. The molecule has 0 radical (unpaired) electrons. The van der Waals surface area contributed by atoms with Gasteiger partial charge in [-0.2, -0.15) is 0 Å². The van der Waals surface area contributed by atoms with E-state index in [9.17, 15) is 0 Å². The van der Waals surface area contributed by atoms with Crippen LogP contribution in [0.1, 0.15) is 11.4 Å². The van der Waals surface area contributed by atoms with Crippen LogP contribution in [-0.4, -0.2) is 37.7 Å². The van der Waals surface area contributed by atoms with Gasteiger partial charge in [0.15, 0.2) is 0 Å². The van der Waals surface area contributed by atoms with Crippen LogP contribution in [-0.2, 0) is 20.1 Å². The summed E-state index contributed by atoms with van der Waals surface area (Å²) in [5.74, 6) is 0. The number of pyridine rings is 1. The standard InChI is InChI=1S/C13H18N4O/c1-16-11-14-8-13(16)10-17(6-7-18)9-12-4-2-3-5-15-12/h2-5,8,11,18H,6-7,9-10H2,1H3. The van der Waals surface area contributed by atoms with E-state index in [0.29, 0.717) is 6.54 Å². The number of aromatic nitrogens is 3. The van der Waals surface area contributed by atoms with E-state index in [-0.39, 0.29) is 6.61 Å². The van der Waals surface area contributed by atoms with E-state index in [2.05, 4.69) is 14.9 Å². The molecule has 0 spiro atoms. The molecule has 96 valence electrons. The van der Waals surface area contributed by atoms with E-state index in [0.717, 1.165) is 24.5 Å². The van der Waals surface area contributed by atoms with Gasteiger partial charge in [0.2, 0.25) is 0 Å². The number of nitrogens with zero attached hydrogens (tertiary/aromatic N) is 4. The topological polar surface area (TPSA) is 54.2 Å². The van der Waals surface area contributed by atoms with Crippen molar-refractivity contribution in [3.05, 3.63) is 48.3 Å². The van der Waals surface area contributed by atoms with Crippen molar-refractivity contribution in [2.24, 2.45) is 7.05 Å². The van der Waals surface area contributed by atoms with Crippen LogP contribution in [0.3, 0.4) is 0 Å². The van der Waals surface area contributed by atoms with Crippen molar-refractivity contribution < 1.29 is 5.11 Å². The largest absolute Gasteiger partial charge is 0.395 e. The van der Waals surface area contributed by atoms with Crippen LogP contribution >= 0.6 is 0 Å². The van der Waals surface area contributed by atoms with Gasteiger partial charge in [-0.05, 0) is 12.1 Å². The Kier molecular flexibility index (Phi) is 4.44. The average Bonchev–Trinajstić information content (AvgIpc) is 2.77. The first-order valence-electron chi connectivity index (χ1n) is 5.98. The summed E-state index contributed by atoms with van der Waals surface area (Å²) in [6.45, 7) is 2.26. The van der Waals surface area contributed by atoms with E-state index in [1.807, 2.05) is 36.0 Å². The molecule has 2 rings (SSSR count). The minimum absolute atomic E-state index is 0.144. The Morgan fingerprint density at radius 1 is 1.33 bits per heavy atom. The fourth-order valence-corrected chi connectivity index (χ4v) is 1.84. The van der Waals surface area contributed by atoms with Gasteiger partial charge in [0.05, 0.1) is 24.3 Å². The Bertz CT molecular complexity index is 469. The number of aliphatic hydroxyl groups excluding tert-OH is 1. The first kappa shape index (κ1) is 12.7. The van der Waals surface area contributed by atoms with Crippen molar-refractivity contribution >= 4 is 0 Å². The van der Waals surface area contributed by atoms with Crippen molar-refractivity contribution in [3.63, 3.8) is 0 Å². The van der Waals surface area contributed by atoms with Crippen molar-refractivity contribution in [2.45, 2.75) is 13.1 Å². The number of rotatable bonds is 6. The fraction of sp³-hybridized carbons (Fsp3) is 0.385. The van der Waals surface area contributed by atoms with Gasteiger partial charge in [0.25, 0.3) is 0 Å². The zero-order valence-electron chi connectivity index (χ0n) is 10.5. The van der Waals surface area contributed by atoms with Gasteiger partial charge in [0.1, 0.15) is 0 Å². The second-order valence-corrected chi connectivity index (χ2v) is 4.25. The van der Waals surface area contributed by atoms with Crippen molar-refractivity contribution in [1.29, 1.82) is 0 Å². The number of hydrogen-bond donors (Lipinski definition) is 1. The average molecular weight is 246 g/mol. The van der Waals surface area contributed by atoms with E-state index in [1.54, 1.807) is 12.5 Å². The molecule has 1 N–H and O–H groups in total. The third kappa shape index (κ3) is 3.38. The van der Waals surface area contributed by atoms with E-state index >= 15 is 0 Å². The molecule has 0 aliphatic rings. The normalized spacial score (nSPS) is 11.1. The van der Waals surface area contributed by atoms with E-state index in [1.165, 1.54) is 0 Å². The summed E-state index contributed by atoms with van der Waals surface area (Å²) >= 11 is 0. The van der Waals surface area contributed by atoms with E-state index in [4.69, 9.17) is 5.11 Å². The fourth-order valence-electron chi connectivity index (χ4n) is 1.84. The quantitative estimate of drug-likeness (QED) is 0.819. The first-order valence-corrected chi connectivity index (χ1v) is 5.98. The maximum atomic E-state index is 9.13. The highest BCUT2D eigenvalue weighted by Crippen LogP contribution is 2.07. The molecule has 5 heteroatoms. The lowest BCUT2D eigenvalue weighted by atomic mass is 10.3. The monoisotopic (exact) mass is 246 g/mol. The highest BCUT2D eigenvalue weighted by Gasteiger charge is 2.09. The molecule has 0 bridgehead atoms. The minimum Gasteiger partial charge on any atom is -0.395 e. The molecule has 5 nitrogen and oxygen atoms in total. The zero-order valence-corrected chi connectivity index (χ0v) is 10.5. The maximum Gasteiger partial charge on any atom is 0.0945 e. The Morgan fingerprint density at radius 2 is 2.22 bits per heavy atom. The van der Waals surface area contributed by atoms with Gasteiger partial charge in [-0.1, -0.05) is 6.07 Å². The van der Waals surface area contributed by atoms with Crippen molar-refractivity contribution in [3.8, 4) is 0 Å². The summed E-state index contributed by atoms with van der Waals surface area (Å²) in [5, 5.41) is 9.13. The second-order valence-electron chi connectivity index (χ2n) is 4.25. The molecule has 2 aromatic heterocycles. The summed E-state index contributed by atoms with van der Waals surface area (Å²) in [7, 11) is 1.97. The molecule has 2 aromatic rings. The van der Waals surface area contributed by atoms with Crippen LogP contribution < -0.4 is 0 Å². The Morgan fingerprint density at radius 3 is 2.83 bits per heavy atom. The third-order valence-electron chi connectivity index (χ3n) is 2.83. The SMILES string of the molecule is Cn1cncc1CN(CCO)Cc1ccccn1. The lowest BCUT2D eigenvalue weighted by Crippen LogP contribution is -2.27. The molecule has 0 fully saturated rings. The summed E-state index contributed by atoms with van der Waals surface area (Å²) in [6, 6.07) is 5.87. The molecule has 0 aromatic carbocycles. The van der Waals surface area contributed by atoms with E-state index < -0.39 is 0 Å². The lowest BCUT2D eigenvalue weighted by molar-refractivity contribution is 0.180. The van der Waals surface area contributed by atoms with Gasteiger partial charge in [0, 0.05) is 39.1 Å². The molecule has 0 unspecified atom stereocenters. The highest BCUT2D eigenvalue weighted by molar-refractivity contribution is 5.04. The van der Waals surface area contributed by atoms with Crippen LogP contribution in [0.15, 0.2) is 36.9 Å². The first-order chi connectivity index (χ1) is 8.79. The summed E-state index contributed by atoms with van der Waals surface area (Å²) < 4.78 is 1.99. The highest BCUT2D eigenvalue weighted by atomic mass is 16.3. The summed E-state index contributed by atoms with van der Waals surface area (Å²) in [6.07, 6.45) is 5.42. The molecule has 0 atom stereocenters. The third-order valence-corrected chi connectivity index (χ3v) is 2.83. The van der Waals surface area contributed by atoms with Gasteiger partial charge in [-0.3, -0.25) is 9.88 Å². The zero-order chi connectivity index (χ0) is 12.8. The van der Waals surface area contributed by atoms with Gasteiger partial charge in [-0.15, -0.1) is 0 Å². The Labute approximate surface area is 107 Å². The van der Waals surface area contributed by atoms with Crippen LogP contribution in [0.4, 0.5) is 0 Å². The van der Waals surface area contributed by atoms with Crippen LogP contribution in [0, 0.1) is 0 Å². The van der Waals surface area contributed by atoms with Crippen molar-refractivity contribution in [2.75, 3.05) is 13.2 Å². The summed E-state index contributed by atoms with van der Waals surface area (Å²) in [4.78, 5) is 10.6. The molecular formula is C13H18N4O. The number of aryl methyl sites for hydroxylation is 1. The predicted octanol–water partition coefficient (Wildman–Crippen LogP) is 0.810. The predicted molar refractivity (Wildman–Crippen MR) is 68.6 cm³/mol. The summed E-state index contributed by atoms with van der Waals surface area (Å²) in [5.41, 5.74) is 2.13. The molecular weight excluding hydrogens is 228 g/mol. The molecule has 0 saturated heterocycles. The Balaban J connectivity index is 2.02. The molecule has 0 amide bonds. The van der Waals surface area contributed by atoms with Crippen LogP contribution in [0.25, 0.3) is 0 Å². The lowest BCUT2D eigenvalue weighted by Gasteiger charge is -2.20. The molecule has 18 heavy (non-hydrogen) atoms. The van der Waals surface area contributed by atoms with Crippen LogP contribution in [0.2, 0.25) is 0 Å². The van der Waals surface area contributed by atoms with Gasteiger partial charge in [-0.25, -0.2) is 4.98 Å².